The molecule has 6 nitrogen and oxygen atoms in total. The van der Waals surface area contributed by atoms with Gasteiger partial charge in [0, 0.05) is 6.07 Å². The maximum Gasteiger partial charge on any atom is 0.247 e. The lowest BCUT2D eigenvalue weighted by atomic mass is 10.2. The summed E-state index contributed by atoms with van der Waals surface area (Å²) in [4.78, 5) is 13.9. The maximum absolute atomic E-state index is 13.5. The Bertz CT molecular complexity index is 1230. The van der Waals surface area contributed by atoms with Gasteiger partial charge in [0.1, 0.15) is 17.6 Å². The Kier molecular flexibility index (Phi) is 5.73. The second-order valence-electron chi connectivity index (χ2n) is 6.42. The Morgan fingerprint density at radius 2 is 2.07 bits per heavy atom. The molecule has 0 saturated heterocycles. The largest absolute Gasteiger partial charge is 0.455 e. The standard InChI is InChI=1S/C21H17FN4O2S2/c1-13(26-19(24-25-21(26)29)18-10-5-11-30-18)20(27)23-16-8-2-3-9-17(16)28-15-7-4-6-14(22)12-15/h2-13H,1H3,(H,23,27)(H,25,29). The van der Waals surface area contributed by atoms with Crippen LogP contribution in [0.2, 0.25) is 0 Å². The van der Waals surface area contributed by atoms with E-state index in [1.807, 2.05) is 17.5 Å². The van der Waals surface area contributed by atoms with Crippen LogP contribution >= 0.6 is 23.6 Å². The van der Waals surface area contributed by atoms with Gasteiger partial charge in [-0.3, -0.25) is 14.5 Å². The third-order valence-electron chi connectivity index (χ3n) is 4.38. The minimum atomic E-state index is -0.629. The van der Waals surface area contributed by atoms with Crippen LogP contribution < -0.4 is 10.1 Å². The Balaban J connectivity index is 1.58. The van der Waals surface area contributed by atoms with Gasteiger partial charge in [-0.15, -0.1) is 11.3 Å². The van der Waals surface area contributed by atoms with Crippen LogP contribution in [0.4, 0.5) is 10.1 Å². The number of aromatic nitrogens is 3. The summed E-state index contributed by atoms with van der Waals surface area (Å²) in [5.74, 6) is 0.639. The summed E-state index contributed by atoms with van der Waals surface area (Å²) in [6.45, 7) is 1.74. The molecule has 0 bridgehead atoms. The molecule has 2 aromatic heterocycles. The molecule has 0 radical (unpaired) electrons. The molecule has 0 aliphatic carbocycles. The highest BCUT2D eigenvalue weighted by atomic mass is 32.1. The molecule has 0 spiro atoms. The number of nitrogens with one attached hydrogen (secondary N) is 2. The highest BCUT2D eigenvalue weighted by molar-refractivity contribution is 7.71. The Morgan fingerprint density at radius 1 is 1.23 bits per heavy atom. The van der Waals surface area contributed by atoms with Crippen LogP contribution in [-0.4, -0.2) is 20.7 Å². The molecule has 0 aliphatic rings. The molecule has 0 saturated carbocycles. The number of hydrogen-bond acceptors (Lipinski definition) is 5. The molecule has 2 aromatic carbocycles. The summed E-state index contributed by atoms with van der Waals surface area (Å²) in [6, 6.07) is 16.0. The average molecular weight is 441 g/mol. The van der Waals surface area contributed by atoms with E-state index in [1.165, 1.54) is 23.5 Å². The predicted molar refractivity (Wildman–Crippen MR) is 117 cm³/mol. The number of rotatable bonds is 6. The van der Waals surface area contributed by atoms with Crippen LogP contribution in [0.3, 0.4) is 0 Å². The summed E-state index contributed by atoms with van der Waals surface area (Å²) in [7, 11) is 0. The summed E-state index contributed by atoms with van der Waals surface area (Å²) in [5, 5.41) is 11.8. The van der Waals surface area contributed by atoms with Crippen molar-refractivity contribution in [2.24, 2.45) is 0 Å². The smallest absolute Gasteiger partial charge is 0.247 e. The fourth-order valence-corrected chi connectivity index (χ4v) is 3.91. The van der Waals surface area contributed by atoms with Gasteiger partial charge in [0.05, 0.1) is 10.6 Å². The second kappa shape index (κ2) is 8.60. The first-order valence-electron chi connectivity index (χ1n) is 9.07. The summed E-state index contributed by atoms with van der Waals surface area (Å²) >= 11 is 6.85. The first-order chi connectivity index (χ1) is 14.5. The molecule has 2 N–H and O–H groups in total. The third-order valence-corrected chi connectivity index (χ3v) is 5.54. The second-order valence-corrected chi connectivity index (χ2v) is 7.75. The lowest BCUT2D eigenvalue weighted by Gasteiger charge is -2.17. The molecular weight excluding hydrogens is 423 g/mol. The van der Waals surface area contributed by atoms with Gasteiger partial charge in [0.2, 0.25) is 5.91 Å². The quantitative estimate of drug-likeness (QED) is 0.372. The Hall–Kier alpha value is -3.30. The lowest BCUT2D eigenvalue weighted by Crippen LogP contribution is -2.24. The first kappa shape index (κ1) is 20.0. The Labute approximate surface area is 181 Å². The van der Waals surface area contributed by atoms with E-state index in [9.17, 15) is 9.18 Å². The first-order valence-corrected chi connectivity index (χ1v) is 10.4. The monoisotopic (exact) mass is 440 g/mol. The highest BCUT2D eigenvalue weighted by Crippen LogP contribution is 2.31. The number of hydrogen-bond donors (Lipinski definition) is 2. The fourth-order valence-electron chi connectivity index (χ4n) is 2.91. The number of ether oxygens (including phenoxy) is 1. The molecule has 2 heterocycles. The summed E-state index contributed by atoms with van der Waals surface area (Å²) in [6.07, 6.45) is 0. The number of carbonyl (C=O) groups is 1. The van der Waals surface area contributed by atoms with E-state index in [1.54, 1.807) is 47.9 Å². The van der Waals surface area contributed by atoms with Crippen LogP contribution in [0.5, 0.6) is 11.5 Å². The normalized spacial score (nSPS) is 11.8. The number of aromatic amines is 1. The minimum absolute atomic E-state index is 0.291. The van der Waals surface area contributed by atoms with E-state index >= 15 is 0 Å². The van der Waals surface area contributed by atoms with Gasteiger partial charge in [0.15, 0.2) is 16.3 Å². The van der Waals surface area contributed by atoms with Crippen molar-refractivity contribution in [3.8, 4) is 22.2 Å². The van der Waals surface area contributed by atoms with Gasteiger partial charge >= 0.3 is 0 Å². The maximum atomic E-state index is 13.5. The van der Waals surface area contributed by atoms with Crippen molar-refractivity contribution in [2.75, 3.05) is 5.32 Å². The fraction of sp³-hybridized carbons (Fsp3) is 0.0952. The molecule has 1 atom stereocenters. The topological polar surface area (TPSA) is 71.9 Å². The molecule has 1 amide bonds. The van der Waals surface area contributed by atoms with Crippen molar-refractivity contribution in [3.05, 3.63) is 76.6 Å². The number of H-pyrrole nitrogens is 1. The van der Waals surface area contributed by atoms with Gasteiger partial charge < -0.3 is 10.1 Å². The Morgan fingerprint density at radius 3 is 2.83 bits per heavy atom. The van der Waals surface area contributed by atoms with E-state index in [4.69, 9.17) is 17.0 Å². The van der Waals surface area contributed by atoms with Crippen LogP contribution in [0.25, 0.3) is 10.7 Å². The van der Waals surface area contributed by atoms with Crippen molar-refractivity contribution >= 4 is 35.1 Å². The molecule has 4 rings (SSSR count). The number of thiophene rings is 1. The van der Waals surface area contributed by atoms with E-state index in [0.717, 1.165) is 4.88 Å². The molecule has 9 heteroatoms. The van der Waals surface area contributed by atoms with Crippen molar-refractivity contribution < 1.29 is 13.9 Å². The van der Waals surface area contributed by atoms with Crippen molar-refractivity contribution in [1.82, 2.24) is 14.8 Å². The number of anilines is 1. The SMILES string of the molecule is CC(C(=O)Nc1ccccc1Oc1cccc(F)c1)n1c(-c2cccs2)n[nH]c1=S. The highest BCUT2D eigenvalue weighted by Gasteiger charge is 2.22. The van der Waals surface area contributed by atoms with E-state index in [0.29, 0.717) is 27.8 Å². The van der Waals surface area contributed by atoms with E-state index < -0.39 is 11.9 Å². The zero-order valence-electron chi connectivity index (χ0n) is 15.8. The van der Waals surface area contributed by atoms with Crippen molar-refractivity contribution in [1.29, 1.82) is 0 Å². The van der Waals surface area contributed by atoms with Crippen molar-refractivity contribution in [3.63, 3.8) is 0 Å². The number of carbonyl (C=O) groups excluding carboxylic acids is 1. The number of benzene rings is 2. The molecular formula is C21H17FN4O2S2. The van der Waals surface area contributed by atoms with Crippen LogP contribution in [0, 0.1) is 10.6 Å². The zero-order valence-corrected chi connectivity index (χ0v) is 17.5. The number of amides is 1. The predicted octanol–water partition coefficient (Wildman–Crippen LogP) is 5.80. The van der Waals surface area contributed by atoms with Crippen LogP contribution in [-0.2, 0) is 4.79 Å². The minimum Gasteiger partial charge on any atom is -0.455 e. The summed E-state index contributed by atoms with van der Waals surface area (Å²) < 4.78 is 21.3. The van der Waals surface area contributed by atoms with Gasteiger partial charge in [0.25, 0.3) is 0 Å². The van der Waals surface area contributed by atoms with E-state index in [2.05, 4.69) is 15.5 Å². The molecule has 30 heavy (non-hydrogen) atoms. The number of para-hydroxylation sites is 2. The molecule has 1 unspecified atom stereocenters. The summed E-state index contributed by atoms with van der Waals surface area (Å²) in [5.41, 5.74) is 0.464. The zero-order chi connectivity index (χ0) is 21.1. The molecule has 0 fully saturated rings. The van der Waals surface area contributed by atoms with Crippen LogP contribution in [0.1, 0.15) is 13.0 Å². The number of nitrogens with zero attached hydrogens (tertiary/aromatic N) is 2. The van der Waals surface area contributed by atoms with Gasteiger partial charge in [-0.25, -0.2) is 4.39 Å². The van der Waals surface area contributed by atoms with E-state index in [-0.39, 0.29) is 5.91 Å². The molecule has 152 valence electrons. The van der Waals surface area contributed by atoms with Gasteiger partial charge in [-0.2, -0.15) is 5.10 Å². The van der Waals surface area contributed by atoms with Gasteiger partial charge in [-0.05, 0) is 54.9 Å². The third kappa shape index (κ3) is 4.17. The van der Waals surface area contributed by atoms with Crippen LogP contribution in [0.15, 0.2) is 66.0 Å². The molecule has 0 aliphatic heterocycles. The number of halogens is 1. The molecule has 4 aromatic rings. The average Bonchev–Trinajstić information content (AvgIpc) is 3.38. The van der Waals surface area contributed by atoms with Gasteiger partial charge in [-0.1, -0.05) is 24.3 Å². The lowest BCUT2D eigenvalue weighted by molar-refractivity contribution is -0.118. The van der Waals surface area contributed by atoms with Crippen molar-refractivity contribution in [2.45, 2.75) is 13.0 Å².